The Morgan fingerprint density at radius 3 is 2.42 bits per heavy atom. The van der Waals surface area contributed by atoms with Gasteiger partial charge in [-0.1, -0.05) is 0 Å². The van der Waals surface area contributed by atoms with E-state index in [2.05, 4.69) is 48.9 Å². The van der Waals surface area contributed by atoms with Crippen LogP contribution in [0.15, 0.2) is 36.9 Å². The molecule has 3 heterocycles. The number of hydrogen-bond donors (Lipinski definition) is 0. The summed E-state index contributed by atoms with van der Waals surface area (Å²) in [7, 11) is 3.68. The van der Waals surface area contributed by atoms with E-state index in [0.717, 1.165) is 80.4 Å². The molecule has 174 valence electrons. The van der Waals surface area contributed by atoms with Gasteiger partial charge in [0.05, 0.1) is 44.3 Å². The van der Waals surface area contributed by atoms with Crippen molar-refractivity contribution < 1.29 is 14.2 Å². The number of methoxy groups -OCH3 is 1. The van der Waals surface area contributed by atoms with Crippen LogP contribution in [0.1, 0.15) is 25.7 Å². The number of anilines is 2. The Balaban J connectivity index is 1.27. The lowest BCUT2D eigenvalue weighted by atomic mass is 9.92. The first-order valence-electron chi connectivity index (χ1n) is 11.5. The number of fused-ring (bicyclic) bond motifs is 1. The molecule has 9 heteroatoms. The van der Waals surface area contributed by atoms with E-state index in [1.807, 2.05) is 0 Å². The monoisotopic (exact) mass is 450 g/mol. The molecule has 2 aliphatic rings. The molecule has 1 saturated heterocycles. The average molecular weight is 451 g/mol. The maximum absolute atomic E-state index is 6.54. The Bertz CT molecular complexity index is 1070. The van der Waals surface area contributed by atoms with E-state index in [9.17, 15) is 0 Å². The van der Waals surface area contributed by atoms with Crippen molar-refractivity contribution in [2.24, 2.45) is 0 Å². The van der Waals surface area contributed by atoms with Gasteiger partial charge in [0.2, 0.25) is 5.95 Å². The summed E-state index contributed by atoms with van der Waals surface area (Å²) in [6.07, 6.45) is 11.0. The van der Waals surface area contributed by atoms with Gasteiger partial charge in [-0.05, 0) is 31.7 Å². The van der Waals surface area contributed by atoms with Crippen molar-refractivity contribution >= 4 is 22.7 Å². The van der Waals surface area contributed by atoms with Crippen molar-refractivity contribution in [3.63, 3.8) is 0 Å². The number of ether oxygens (including phenoxy) is 3. The molecule has 2 aromatic heterocycles. The largest absolute Gasteiger partial charge is 0.494 e. The number of benzene rings is 1. The van der Waals surface area contributed by atoms with Crippen molar-refractivity contribution in [2.75, 3.05) is 50.3 Å². The van der Waals surface area contributed by atoms with Crippen LogP contribution in [0.4, 0.5) is 11.6 Å². The fraction of sp³-hybridized carbons (Fsp3) is 0.500. The quantitative estimate of drug-likeness (QED) is 0.562. The fourth-order valence-electron chi connectivity index (χ4n) is 4.61. The summed E-state index contributed by atoms with van der Waals surface area (Å²) in [4.78, 5) is 22.5. The van der Waals surface area contributed by atoms with E-state index in [-0.39, 0.29) is 6.10 Å². The molecule has 1 aliphatic heterocycles. The summed E-state index contributed by atoms with van der Waals surface area (Å²) in [6, 6.07) is 4.60. The van der Waals surface area contributed by atoms with Crippen molar-refractivity contribution in [1.29, 1.82) is 0 Å². The third kappa shape index (κ3) is 4.78. The minimum Gasteiger partial charge on any atom is -0.494 e. The van der Waals surface area contributed by atoms with Crippen LogP contribution in [0.3, 0.4) is 0 Å². The number of hydrogen-bond acceptors (Lipinski definition) is 9. The maximum atomic E-state index is 6.54. The Hall–Kier alpha value is -3.20. The van der Waals surface area contributed by atoms with Crippen LogP contribution in [0.2, 0.25) is 0 Å². The van der Waals surface area contributed by atoms with Crippen molar-refractivity contribution in [2.45, 2.75) is 37.8 Å². The third-order valence-corrected chi connectivity index (χ3v) is 6.55. The van der Waals surface area contributed by atoms with Gasteiger partial charge in [-0.3, -0.25) is 4.98 Å². The van der Waals surface area contributed by atoms with Crippen LogP contribution in [0.5, 0.6) is 11.5 Å². The Labute approximate surface area is 193 Å². The van der Waals surface area contributed by atoms with Gasteiger partial charge < -0.3 is 24.0 Å². The Morgan fingerprint density at radius 2 is 1.70 bits per heavy atom. The second-order valence-corrected chi connectivity index (χ2v) is 8.55. The normalized spacial score (nSPS) is 21.1. The van der Waals surface area contributed by atoms with E-state index in [4.69, 9.17) is 14.2 Å². The van der Waals surface area contributed by atoms with Gasteiger partial charge >= 0.3 is 0 Å². The molecule has 0 atom stereocenters. The van der Waals surface area contributed by atoms with E-state index < -0.39 is 0 Å². The molecule has 3 aromatic rings. The Morgan fingerprint density at radius 1 is 0.970 bits per heavy atom. The second kappa shape index (κ2) is 9.74. The first-order chi connectivity index (χ1) is 16.2. The lowest BCUT2D eigenvalue weighted by Gasteiger charge is -2.35. The van der Waals surface area contributed by atoms with Gasteiger partial charge in [0.15, 0.2) is 5.75 Å². The van der Waals surface area contributed by atoms with Gasteiger partial charge in [0.25, 0.3) is 0 Å². The van der Waals surface area contributed by atoms with Crippen LogP contribution < -0.4 is 19.3 Å². The number of nitrogens with zero attached hydrogens (tertiary/aromatic N) is 6. The summed E-state index contributed by atoms with van der Waals surface area (Å²) in [5, 5.41) is 0. The standard InChI is InChI=1S/C24H30N6O3/c1-29(24-27-15-20(31-2)16-28-24)17-3-5-19(6-4-17)33-22-14-18(30-9-11-32-12-10-30)13-21-23(22)26-8-7-25-21/h7-8,13-17,19H,3-6,9-12H2,1-2H3. The lowest BCUT2D eigenvalue weighted by molar-refractivity contribution is 0.122. The first-order valence-corrected chi connectivity index (χ1v) is 11.5. The molecule has 1 aliphatic carbocycles. The van der Waals surface area contributed by atoms with Gasteiger partial charge in [0.1, 0.15) is 11.3 Å². The third-order valence-electron chi connectivity index (χ3n) is 6.55. The number of aromatic nitrogens is 4. The number of rotatable bonds is 6. The summed E-state index contributed by atoms with van der Waals surface area (Å²) < 4.78 is 17.2. The van der Waals surface area contributed by atoms with Crippen LogP contribution in [0, 0.1) is 0 Å². The molecule has 0 unspecified atom stereocenters. The van der Waals surface area contributed by atoms with Crippen LogP contribution >= 0.6 is 0 Å². The molecule has 9 nitrogen and oxygen atoms in total. The van der Waals surface area contributed by atoms with Gasteiger partial charge in [-0.2, -0.15) is 0 Å². The average Bonchev–Trinajstić information content (AvgIpc) is 2.89. The van der Waals surface area contributed by atoms with Crippen molar-refractivity contribution in [3.05, 3.63) is 36.9 Å². The lowest BCUT2D eigenvalue weighted by Crippen LogP contribution is -2.38. The molecule has 1 saturated carbocycles. The zero-order chi connectivity index (χ0) is 22.6. The van der Waals surface area contributed by atoms with E-state index >= 15 is 0 Å². The van der Waals surface area contributed by atoms with Crippen LogP contribution in [0.25, 0.3) is 11.0 Å². The molecule has 1 aromatic carbocycles. The molecule has 0 N–H and O–H groups in total. The van der Waals surface area contributed by atoms with Gasteiger partial charge in [0, 0.05) is 50.3 Å². The van der Waals surface area contributed by atoms with E-state index in [0.29, 0.717) is 11.8 Å². The number of morpholine rings is 1. The highest BCUT2D eigenvalue weighted by Crippen LogP contribution is 2.33. The second-order valence-electron chi connectivity index (χ2n) is 8.55. The minimum absolute atomic E-state index is 0.150. The summed E-state index contributed by atoms with van der Waals surface area (Å²) in [6.45, 7) is 3.22. The molecular formula is C24H30N6O3. The van der Waals surface area contributed by atoms with E-state index in [1.165, 1.54) is 0 Å². The Kier molecular flexibility index (Phi) is 6.39. The van der Waals surface area contributed by atoms with Gasteiger partial charge in [-0.15, -0.1) is 0 Å². The minimum atomic E-state index is 0.150. The molecule has 0 bridgehead atoms. The molecule has 33 heavy (non-hydrogen) atoms. The molecule has 5 rings (SSSR count). The predicted molar refractivity (Wildman–Crippen MR) is 126 cm³/mol. The summed E-state index contributed by atoms with van der Waals surface area (Å²) in [5.41, 5.74) is 2.80. The van der Waals surface area contributed by atoms with E-state index in [1.54, 1.807) is 31.9 Å². The van der Waals surface area contributed by atoms with Crippen LogP contribution in [-0.4, -0.2) is 72.5 Å². The van der Waals surface area contributed by atoms with Crippen LogP contribution in [-0.2, 0) is 4.74 Å². The fourth-order valence-corrected chi connectivity index (χ4v) is 4.61. The zero-order valence-electron chi connectivity index (χ0n) is 19.2. The maximum Gasteiger partial charge on any atom is 0.225 e. The SMILES string of the molecule is COc1cnc(N(C)C2CCC(Oc3cc(N4CCOCC4)cc4nccnc34)CC2)nc1. The molecule has 0 spiro atoms. The first kappa shape index (κ1) is 21.6. The zero-order valence-corrected chi connectivity index (χ0v) is 19.2. The van der Waals surface area contributed by atoms with Crippen molar-refractivity contribution in [1.82, 2.24) is 19.9 Å². The van der Waals surface area contributed by atoms with Gasteiger partial charge in [-0.25, -0.2) is 15.0 Å². The summed E-state index contributed by atoms with van der Waals surface area (Å²) >= 11 is 0. The van der Waals surface area contributed by atoms with Crippen molar-refractivity contribution in [3.8, 4) is 11.5 Å². The highest BCUT2D eigenvalue weighted by molar-refractivity contribution is 5.85. The molecule has 2 fully saturated rings. The summed E-state index contributed by atoms with van der Waals surface area (Å²) in [5.74, 6) is 2.20. The highest BCUT2D eigenvalue weighted by Gasteiger charge is 2.27. The molecule has 0 radical (unpaired) electrons. The highest BCUT2D eigenvalue weighted by atomic mass is 16.5. The molecule has 0 amide bonds. The smallest absolute Gasteiger partial charge is 0.225 e. The topological polar surface area (TPSA) is 85.7 Å². The predicted octanol–water partition coefficient (Wildman–Crippen LogP) is 3.09. The molecular weight excluding hydrogens is 420 g/mol.